The van der Waals surface area contributed by atoms with Gasteiger partial charge in [-0.2, -0.15) is 0 Å². The molecule has 8 nitrogen and oxygen atoms in total. The van der Waals surface area contributed by atoms with Crippen molar-refractivity contribution in [3.05, 3.63) is 44.3 Å². The highest BCUT2D eigenvalue weighted by molar-refractivity contribution is 7.09. The predicted molar refractivity (Wildman–Crippen MR) is 117 cm³/mol. The number of rotatable bonds is 7. The zero-order valence-electron chi connectivity index (χ0n) is 16.4. The van der Waals surface area contributed by atoms with Crippen molar-refractivity contribution in [2.75, 3.05) is 51.9 Å². The Morgan fingerprint density at radius 3 is 2.77 bits per heavy atom. The van der Waals surface area contributed by atoms with Gasteiger partial charge in [0.1, 0.15) is 10.7 Å². The van der Waals surface area contributed by atoms with Crippen LogP contribution < -0.4 is 5.32 Å². The Kier molecular flexibility index (Phi) is 8.29. The zero-order chi connectivity index (χ0) is 21.5. The van der Waals surface area contributed by atoms with Crippen LogP contribution in [-0.4, -0.2) is 73.3 Å². The number of hydrogen-bond donors (Lipinski definition) is 1. The molecule has 0 radical (unpaired) electrons. The Bertz CT molecular complexity index is 889. The van der Waals surface area contributed by atoms with E-state index in [2.05, 4.69) is 10.3 Å². The molecule has 162 valence electrons. The van der Waals surface area contributed by atoms with Gasteiger partial charge in [0.05, 0.1) is 36.4 Å². The van der Waals surface area contributed by atoms with Crippen LogP contribution in [0.25, 0.3) is 0 Å². The van der Waals surface area contributed by atoms with Crippen LogP contribution in [0.5, 0.6) is 0 Å². The molecule has 3 rings (SSSR count). The topological polar surface area (TPSA) is 84.0 Å². The lowest BCUT2D eigenvalue weighted by atomic mass is 10.3. The van der Waals surface area contributed by atoms with Crippen molar-refractivity contribution >= 4 is 52.2 Å². The highest BCUT2D eigenvalue weighted by Crippen LogP contribution is 2.25. The minimum atomic E-state index is -0.332. The maximum atomic E-state index is 12.8. The average molecular weight is 473 g/mol. The molecule has 0 atom stereocenters. The summed E-state index contributed by atoms with van der Waals surface area (Å²) in [7, 11) is 1.57. The van der Waals surface area contributed by atoms with Crippen LogP contribution >= 0.6 is 34.5 Å². The standard InChI is InChI=1S/C19H22Cl2N4O4S/c1-28-7-4-25(19(27)22-13-2-3-14(20)15(21)10-13)11-17-23-16(12-30-17)18(26)24-5-8-29-9-6-24/h2-3,10,12H,4-9,11H2,1H3,(H,22,27). The largest absolute Gasteiger partial charge is 0.383 e. The molecular weight excluding hydrogens is 451 g/mol. The van der Waals surface area contributed by atoms with Gasteiger partial charge in [0.25, 0.3) is 5.91 Å². The molecule has 2 aromatic rings. The first-order valence-electron chi connectivity index (χ1n) is 9.29. The first kappa shape index (κ1) is 22.8. The number of nitrogens with one attached hydrogen (secondary N) is 1. The Morgan fingerprint density at radius 1 is 1.30 bits per heavy atom. The fourth-order valence-corrected chi connectivity index (χ4v) is 3.88. The number of amides is 3. The molecule has 0 spiro atoms. The Labute approximate surface area is 188 Å². The van der Waals surface area contributed by atoms with Crippen LogP contribution in [0.2, 0.25) is 10.0 Å². The lowest BCUT2D eigenvalue weighted by Gasteiger charge is -2.26. The second-order valence-electron chi connectivity index (χ2n) is 6.50. The maximum absolute atomic E-state index is 12.8. The van der Waals surface area contributed by atoms with Gasteiger partial charge in [-0.1, -0.05) is 23.2 Å². The van der Waals surface area contributed by atoms with Gasteiger partial charge in [-0.05, 0) is 18.2 Å². The van der Waals surface area contributed by atoms with Crippen molar-refractivity contribution in [1.82, 2.24) is 14.8 Å². The number of methoxy groups -OCH3 is 1. The van der Waals surface area contributed by atoms with Crippen molar-refractivity contribution in [3.63, 3.8) is 0 Å². The summed E-state index contributed by atoms with van der Waals surface area (Å²) in [6.07, 6.45) is 0. The fraction of sp³-hybridized carbons (Fsp3) is 0.421. The third-order valence-corrected chi connectivity index (χ3v) is 5.99. The second-order valence-corrected chi connectivity index (χ2v) is 8.26. The maximum Gasteiger partial charge on any atom is 0.322 e. The van der Waals surface area contributed by atoms with E-state index in [0.717, 1.165) is 0 Å². The minimum Gasteiger partial charge on any atom is -0.383 e. The van der Waals surface area contributed by atoms with E-state index in [1.54, 1.807) is 40.5 Å². The molecule has 0 unspecified atom stereocenters. The number of thiazole rings is 1. The van der Waals surface area contributed by atoms with Crippen molar-refractivity contribution in [2.45, 2.75) is 6.54 Å². The third-order valence-electron chi connectivity index (χ3n) is 4.42. The van der Waals surface area contributed by atoms with Crippen molar-refractivity contribution in [2.24, 2.45) is 0 Å². The monoisotopic (exact) mass is 472 g/mol. The summed E-state index contributed by atoms with van der Waals surface area (Å²) in [5, 5.41) is 5.94. The lowest BCUT2D eigenvalue weighted by molar-refractivity contribution is 0.0299. The zero-order valence-corrected chi connectivity index (χ0v) is 18.7. The number of ether oxygens (including phenoxy) is 2. The number of urea groups is 1. The van der Waals surface area contributed by atoms with Crippen molar-refractivity contribution in [3.8, 4) is 0 Å². The highest BCUT2D eigenvalue weighted by Gasteiger charge is 2.22. The van der Waals surface area contributed by atoms with E-state index in [-0.39, 0.29) is 18.5 Å². The third kappa shape index (κ3) is 6.05. The summed E-state index contributed by atoms with van der Waals surface area (Å²) in [4.78, 5) is 33.1. The molecule has 1 aromatic heterocycles. The molecule has 3 amide bonds. The lowest BCUT2D eigenvalue weighted by Crippen LogP contribution is -2.40. The molecule has 11 heteroatoms. The molecule has 30 heavy (non-hydrogen) atoms. The average Bonchev–Trinajstić information content (AvgIpc) is 3.22. The van der Waals surface area contributed by atoms with Crippen molar-refractivity contribution < 1.29 is 19.1 Å². The normalized spacial score (nSPS) is 13.9. The van der Waals surface area contributed by atoms with E-state index in [1.807, 2.05) is 0 Å². The molecule has 1 saturated heterocycles. The SMILES string of the molecule is COCCN(Cc1nc(C(=O)N2CCOCC2)cs1)C(=O)Nc1ccc(Cl)c(Cl)c1. The minimum absolute atomic E-state index is 0.121. The Hall–Kier alpha value is -1.91. The van der Waals surface area contributed by atoms with Crippen LogP contribution in [0.1, 0.15) is 15.5 Å². The number of carbonyl (C=O) groups excluding carboxylic acids is 2. The Balaban J connectivity index is 1.66. The molecule has 2 heterocycles. The van der Waals surface area contributed by atoms with Gasteiger partial charge in [0, 0.05) is 37.8 Å². The summed E-state index contributed by atoms with van der Waals surface area (Å²) in [6, 6.07) is 4.53. The molecular formula is C19H22Cl2N4O4S. The van der Waals surface area contributed by atoms with Crippen LogP contribution in [0.15, 0.2) is 23.6 Å². The predicted octanol–water partition coefficient (Wildman–Crippen LogP) is 3.60. The number of benzene rings is 1. The van der Waals surface area contributed by atoms with Gasteiger partial charge >= 0.3 is 6.03 Å². The molecule has 1 N–H and O–H groups in total. The molecule has 0 aliphatic carbocycles. The Morgan fingerprint density at radius 2 is 2.07 bits per heavy atom. The number of anilines is 1. The van der Waals surface area contributed by atoms with E-state index in [0.29, 0.717) is 65.9 Å². The summed E-state index contributed by atoms with van der Waals surface area (Å²) in [6.45, 7) is 3.13. The fourth-order valence-electron chi connectivity index (χ4n) is 2.80. The molecule has 1 aliphatic rings. The number of aromatic nitrogens is 1. The van der Waals surface area contributed by atoms with Crippen LogP contribution in [0.4, 0.5) is 10.5 Å². The van der Waals surface area contributed by atoms with Crippen LogP contribution in [0, 0.1) is 0 Å². The molecule has 1 aromatic carbocycles. The van der Waals surface area contributed by atoms with Crippen LogP contribution in [0.3, 0.4) is 0 Å². The number of morpholine rings is 1. The summed E-state index contributed by atoms with van der Waals surface area (Å²) in [5.74, 6) is -0.121. The molecule has 0 saturated carbocycles. The first-order chi connectivity index (χ1) is 14.5. The van der Waals surface area contributed by atoms with Gasteiger partial charge in [0.15, 0.2) is 0 Å². The van der Waals surface area contributed by atoms with Gasteiger partial charge in [-0.25, -0.2) is 9.78 Å². The highest BCUT2D eigenvalue weighted by atomic mass is 35.5. The van der Waals surface area contributed by atoms with E-state index < -0.39 is 0 Å². The van der Waals surface area contributed by atoms with Gasteiger partial charge in [-0.15, -0.1) is 11.3 Å². The second kappa shape index (κ2) is 10.9. The van der Waals surface area contributed by atoms with Crippen LogP contribution in [-0.2, 0) is 16.0 Å². The number of hydrogen-bond acceptors (Lipinski definition) is 6. The smallest absolute Gasteiger partial charge is 0.322 e. The van der Waals surface area contributed by atoms with E-state index in [9.17, 15) is 9.59 Å². The molecule has 1 fully saturated rings. The number of nitrogens with zero attached hydrogens (tertiary/aromatic N) is 3. The van der Waals surface area contributed by atoms with Gasteiger partial charge in [-0.3, -0.25) is 4.79 Å². The quantitative estimate of drug-likeness (QED) is 0.665. The van der Waals surface area contributed by atoms with Crippen molar-refractivity contribution in [1.29, 1.82) is 0 Å². The van der Waals surface area contributed by atoms with E-state index >= 15 is 0 Å². The van der Waals surface area contributed by atoms with Gasteiger partial charge < -0.3 is 24.6 Å². The molecule has 1 aliphatic heterocycles. The molecule has 0 bridgehead atoms. The summed E-state index contributed by atoms with van der Waals surface area (Å²) < 4.78 is 10.4. The summed E-state index contributed by atoms with van der Waals surface area (Å²) in [5.41, 5.74) is 0.910. The van der Waals surface area contributed by atoms with E-state index in [1.165, 1.54) is 11.3 Å². The number of halogens is 2. The van der Waals surface area contributed by atoms with E-state index in [4.69, 9.17) is 32.7 Å². The number of carbonyl (C=O) groups is 2. The van der Waals surface area contributed by atoms with Gasteiger partial charge in [0.2, 0.25) is 0 Å². The first-order valence-corrected chi connectivity index (χ1v) is 10.9. The summed E-state index contributed by atoms with van der Waals surface area (Å²) >= 11 is 13.3.